The third-order valence-corrected chi connectivity index (χ3v) is 6.70. The zero-order chi connectivity index (χ0) is 29.9. The Kier molecular flexibility index (Phi) is 8.41. The number of amides is 1. The molecule has 0 unspecified atom stereocenters. The minimum Gasteiger partial charge on any atom is -0.417 e. The van der Waals surface area contributed by atoms with Crippen LogP contribution in [0.5, 0.6) is 0 Å². The molecule has 4 aromatic rings. The van der Waals surface area contributed by atoms with Crippen LogP contribution in [0.1, 0.15) is 49.8 Å². The fourth-order valence-corrected chi connectivity index (χ4v) is 4.37. The molecule has 1 amide bonds. The molecule has 41 heavy (non-hydrogen) atoms. The number of rotatable bonds is 10. The van der Waals surface area contributed by atoms with Crippen molar-refractivity contribution in [3.8, 4) is 11.3 Å². The molecule has 0 aliphatic heterocycles. The average molecular weight is 565 g/mol. The van der Waals surface area contributed by atoms with Crippen molar-refractivity contribution in [2.24, 2.45) is 5.92 Å². The molecule has 0 saturated carbocycles. The minimum absolute atomic E-state index is 0.0596. The van der Waals surface area contributed by atoms with Crippen LogP contribution in [0.2, 0.25) is 0 Å². The van der Waals surface area contributed by atoms with E-state index >= 15 is 0 Å². The van der Waals surface area contributed by atoms with E-state index in [2.05, 4.69) is 25.8 Å². The molecule has 0 fully saturated rings. The molecule has 1 atom stereocenters. The molecule has 0 spiro atoms. The van der Waals surface area contributed by atoms with Crippen LogP contribution in [0.15, 0.2) is 63.9 Å². The molecule has 10 nitrogen and oxygen atoms in total. The van der Waals surface area contributed by atoms with Gasteiger partial charge in [0, 0.05) is 18.7 Å². The van der Waals surface area contributed by atoms with Crippen molar-refractivity contribution in [1.82, 2.24) is 25.1 Å². The van der Waals surface area contributed by atoms with Gasteiger partial charge in [-0.05, 0) is 31.4 Å². The smallest absolute Gasteiger partial charge is 0.294 e. The van der Waals surface area contributed by atoms with Crippen molar-refractivity contribution in [1.29, 1.82) is 0 Å². The average Bonchev–Trinajstić information content (AvgIpc) is 3.44. The van der Waals surface area contributed by atoms with Gasteiger partial charge in [0.05, 0.1) is 23.3 Å². The Balaban J connectivity index is 1.58. The van der Waals surface area contributed by atoms with Crippen LogP contribution in [0.3, 0.4) is 0 Å². The maximum atomic E-state index is 14.5. The summed E-state index contributed by atoms with van der Waals surface area (Å²) in [5, 5.41) is 13.2. The number of nitrogens with one attached hydrogen (secondary N) is 2. The first-order valence-corrected chi connectivity index (χ1v) is 12.9. The molecule has 4 rings (SSSR count). The quantitative estimate of drug-likeness (QED) is 0.277. The van der Waals surface area contributed by atoms with Gasteiger partial charge in [-0.1, -0.05) is 50.2 Å². The van der Waals surface area contributed by atoms with E-state index in [4.69, 9.17) is 4.42 Å². The second-order valence-corrected chi connectivity index (χ2v) is 10.3. The maximum absolute atomic E-state index is 14.5. The number of hydrogen-bond acceptors (Lipinski definition) is 8. The highest BCUT2D eigenvalue weighted by molar-refractivity contribution is 5.98. The lowest BCUT2D eigenvalue weighted by Crippen LogP contribution is -2.46. The molecule has 0 bridgehead atoms. The largest absolute Gasteiger partial charge is 0.417 e. The van der Waals surface area contributed by atoms with E-state index in [1.54, 1.807) is 59.0 Å². The first-order valence-electron chi connectivity index (χ1n) is 12.9. The van der Waals surface area contributed by atoms with E-state index < -0.39 is 40.3 Å². The highest BCUT2D eigenvalue weighted by Gasteiger charge is 2.35. The lowest BCUT2D eigenvalue weighted by atomic mass is 9.84. The Hall–Kier alpha value is -4.74. The first-order chi connectivity index (χ1) is 19.4. The summed E-state index contributed by atoms with van der Waals surface area (Å²) >= 11 is 0. The van der Waals surface area contributed by atoms with Crippen molar-refractivity contribution in [2.45, 2.75) is 45.7 Å². The van der Waals surface area contributed by atoms with E-state index in [1.807, 2.05) is 6.07 Å². The lowest BCUT2D eigenvalue weighted by Gasteiger charge is -2.22. The second-order valence-electron chi connectivity index (χ2n) is 10.3. The van der Waals surface area contributed by atoms with E-state index in [0.717, 1.165) is 12.1 Å². The summed E-state index contributed by atoms with van der Waals surface area (Å²) in [6, 6.07) is 11.1. The number of nitrogens with zero attached hydrogens (tertiary/aromatic N) is 4. The third kappa shape index (κ3) is 6.06. The van der Waals surface area contributed by atoms with Crippen LogP contribution >= 0.6 is 0 Å². The summed E-state index contributed by atoms with van der Waals surface area (Å²) in [5.74, 6) is -3.54. The highest BCUT2D eigenvalue weighted by atomic mass is 19.1. The molecular weight excluding hydrogens is 534 g/mol. The number of aromatic nitrogens is 4. The zero-order valence-electron chi connectivity index (χ0n) is 23.2. The fourth-order valence-electron chi connectivity index (χ4n) is 4.37. The molecule has 2 aromatic heterocycles. The molecule has 2 N–H and O–H groups in total. The lowest BCUT2D eigenvalue weighted by molar-refractivity contribution is -0.122. The summed E-state index contributed by atoms with van der Waals surface area (Å²) < 4.78 is 34.8. The second kappa shape index (κ2) is 11.8. The number of benzene rings is 2. The van der Waals surface area contributed by atoms with Crippen LogP contribution in [0.25, 0.3) is 11.3 Å². The Morgan fingerprint density at radius 1 is 1.07 bits per heavy atom. The number of carbonyl (C=O) groups excluding carboxylic acids is 2. The summed E-state index contributed by atoms with van der Waals surface area (Å²) in [6.45, 7) is 6.27. The molecule has 12 heteroatoms. The number of carbonyl (C=O) groups is 2. The number of halogens is 2. The summed E-state index contributed by atoms with van der Waals surface area (Å²) in [5.41, 5.74) is -0.473. The standard InChI is InChI=1S/C29H30F2N6O4/c1-16(2)23(24(39)26-35-36-28(41-26)29(3,4)19-12-11-18(30)13-20(19)31)34-22(38)15-37-21(17-9-7-6-8-10-17)14-33-25(32-5)27(37)40/h6-14,16,23H,15H2,1-5H3,(H,32,33)(H,34,38)/t23-/m0/s1. The van der Waals surface area contributed by atoms with Gasteiger partial charge in [0.15, 0.2) is 5.82 Å². The van der Waals surface area contributed by atoms with E-state index in [1.165, 1.54) is 16.8 Å². The van der Waals surface area contributed by atoms with Gasteiger partial charge in [0.25, 0.3) is 11.4 Å². The van der Waals surface area contributed by atoms with Crippen molar-refractivity contribution in [3.63, 3.8) is 0 Å². The molecule has 2 heterocycles. The topological polar surface area (TPSA) is 132 Å². The third-order valence-electron chi connectivity index (χ3n) is 6.70. The van der Waals surface area contributed by atoms with Crippen molar-refractivity contribution in [3.05, 3.63) is 94.1 Å². The van der Waals surface area contributed by atoms with Crippen LogP contribution in [0, 0.1) is 17.6 Å². The Labute approximate surface area is 234 Å². The molecule has 0 saturated heterocycles. The minimum atomic E-state index is -1.18. The van der Waals surface area contributed by atoms with Gasteiger partial charge in [-0.3, -0.25) is 19.0 Å². The number of hydrogen-bond donors (Lipinski definition) is 2. The van der Waals surface area contributed by atoms with Crippen molar-refractivity contribution in [2.75, 3.05) is 12.4 Å². The molecule has 0 radical (unpaired) electrons. The molecular formula is C29H30F2N6O4. The Bertz CT molecular complexity index is 1630. The predicted molar refractivity (Wildman–Crippen MR) is 147 cm³/mol. The van der Waals surface area contributed by atoms with E-state index in [-0.39, 0.29) is 35.6 Å². The number of anilines is 1. The van der Waals surface area contributed by atoms with Gasteiger partial charge in [-0.25, -0.2) is 13.8 Å². The van der Waals surface area contributed by atoms with Gasteiger partial charge < -0.3 is 15.1 Å². The first kappa shape index (κ1) is 29.2. The summed E-state index contributed by atoms with van der Waals surface area (Å²) in [4.78, 5) is 43.8. The summed E-state index contributed by atoms with van der Waals surface area (Å²) in [6.07, 6.45) is 1.49. The van der Waals surface area contributed by atoms with Gasteiger partial charge in [-0.2, -0.15) is 0 Å². The maximum Gasteiger partial charge on any atom is 0.294 e. The predicted octanol–water partition coefficient (Wildman–Crippen LogP) is 3.96. The highest BCUT2D eigenvalue weighted by Crippen LogP contribution is 2.32. The normalized spacial score (nSPS) is 12.3. The van der Waals surface area contributed by atoms with Gasteiger partial charge >= 0.3 is 0 Å². The van der Waals surface area contributed by atoms with Crippen LogP contribution in [-0.2, 0) is 16.8 Å². The van der Waals surface area contributed by atoms with Gasteiger partial charge in [0.2, 0.25) is 17.6 Å². The van der Waals surface area contributed by atoms with Crippen LogP contribution in [0.4, 0.5) is 14.6 Å². The van der Waals surface area contributed by atoms with Crippen molar-refractivity contribution >= 4 is 17.5 Å². The SMILES string of the molecule is CNc1ncc(-c2ccccc2)n(CC(=O)N[C@H](C(=O)c2nnc(C(C)(C)c3ccc(F)cc3F)o2)C(C)C)c1=O. The van der Waals surface area contributed by atoms with E-state index in [0.29, 0.717) is 11.3 Å². The Morgan fingerprint density at radius 3 is 2.41 bits per heavy atom. The molecule has 0 aliphatic rings. The monoisotopic (exact) mass is 564 g/mol. The Morgan fingerprint density at radius 2 is 1.78 bits per heavy atom. The zero-order valence-corrected chi connectivity index (χ0v) is 23.2. The molecule has 214 valence electrons. The van der Waals surface area contributed by atoms with E-state index in [9.17, 15) is 23.2 Å². The molecule has 0 aliphatic carbocycles. The van der Waals surface area contributed by atoms with Crippen molar-refractivity contribution < 1.29 is 22.8 Å². The fraction of sp³-hybridized carbons (Fsp3) is 0.310. The summed E-state index contributed by atoms with van der Waals surface area (Å²) in [7, 11) is 1.55. The van der Waals surface area contributed by atoms with Gasteiger partial charge in [0.1, 0.15) is 18.2 Å². The van der Waals surface area contributed by atoms with Crippen LogP contribution < -0.4 is 16.2 Å². The number of ketones is 1. The van der Waals surface area contributed by atoms with Crippen LogP contribution in [-0.4, -0.2) is 44.5 Å². The number of Topliss-reactive ketones (excluding diaryl/α,β-unsaturated/α-hetero) is 1. The van der Waals surface area contributed by atoms with Gasteiger partial charge in [-0.15, -0.1) is 10.2 Å². The molecule has 2 aromatic carbocycles.